The van der Waals surface area contributed by atoms with Crippen LogP contribution in [0.2, 0.25) is 0 Å². The van der Waals surface area contributed by atoms with Crippen molar-refractivity contribution in [2.24, 2.45) is 0 Å². The van der Waals surface area contributed by atoms with Gasteiger partial charge in [-0.05, 0) is 25.1 Å². The van der Waals surface area contributed by atoms with E-state index in [1.807, 2.05) is 25.1 Å². The molecule has 1 aromatic rings. The summed E-state index contributed by atoms with van der Waals surface area (Å²) in [5.41, 5.74) is 0.992. The Hall–Kier alpha value is -1.75. The largest absolute Gasteiger partial charge is 0.497 e. The van der Waals surface area contributed by atoms with E-state index in [2.05, 4.69) is 10.1 Å². The quantitative estimate of drug-likeness (QED) is 0.765. The van der Waals surface area contributed by atoms with Crippen LogP contribution in [0.3, 0.4) is 0 Å². The Balaban J connectivity index is 2.69. The molecule has 106 valence electrons. The minimum Gasteiger partial charge on any atom is -0.497 e. The summed E-state index contributed by atoms with van der Waals surface area (Å²) in [6.45, 7) is 2.56. The van der Waals surface area contributed by atoms with Crippen LogP contribution >= 0.6 is 0 Å². The summed E-state index contributed by atoms with van der Waals surface area (Å²) < 4.78 is 15.1. The number of hydrogen-bond donors (Lipinski definition) is 1. The van der Waals surface area contributed by atoms with Crippen molar-refractivity contribution in [2.45, 2.75) is 19.4 Å². The number of carbonyl (C=O) groups is 1. The van der Waals surface area contributed by atoms with E-state index in [-0.39, 0.29) is 12.0 Å². The second kappa shape index (κ2) is 7.63. The topological polar surface area (TPSA) is 56.8 Å². The molecule has 0 spiro atoms. The fraction of sp³-hybridized carbons (Fsp3) is 0.500. The van der Waals surface area contributed by atoms with Crippen LogP contribution < -0.4 is 14.8 Å². The molecular weight excluding hydrogens is 246 g/mol. The van der Waals surface area contributed by atoms with Crippen LogP contribution in [0.4, 0.5) is 0 Å². The molecule has 1 aromatic carbocycles. The molecule has 0 radical (unpaired) electrons. The van der Waals surface area contributed by atoms with Crippen molar-refractivity contribution in [3.05, 3.63) is 23.8 Å². The lowest BCUT2D eigenvalue weighted by Gasteiger charge is -2.18. The zero-order chi connectivity index (χ0) is 14.3. The minimum atomic E-state index is -0.225. The van der Waals surface area contributed by atoms with Crippen molar-refractivity contribution in [3.8, 4) is 11.5 Å². The highest BCUT2D eigenvalue weighted by Crippen LogP contribution is 2.29. The van der Waals surface area contributed by atoms with Crippen molar-refractivity contribution in [2.75, 3.05) is 27.9 Å². The highest BCUT2D eigenvalue weighted by Gasteiger charge is 2.12. The Morgan fingerprint density at radius 3 is 2.58 bits per heavy atom. The standard InChI is InChI=1S/C14H21NO4/c1-10(15-8-7-14(16)19-4)12-9-11(17-2)5-6-13(12)18-3/h5-6,9-10,15H,7-8H2,1-4H3. The summed E-state index contributed by atoms with van der Waals surface area (Å²) in [5, 5.41) is 3.25. The first kappa shape index (κ1) is 15.3. The van der Waals surface area contributed by atoms with Gasteiger partial charge in [-0.2, -0.15) is 0 Å². The average Bonchev–Trinajstić information content (AvgIpc) is 2.45. The average molecular weight is 267 g/mol. The van der Waals surface area contributed by atoms with Crippen LogP contribution in [0.5, 0.6) is 11.5 Å². The molecule has 19 heavy (non-hydrogen) atoms. The second-order valence-electron chi connectivity index (χ2n) is 4.11. The van der Waals surface area contributed by atoms with Gasteiger partial charge in [-0.1, -0.05) is 0 Å². The Morgan fingerprint density at radius 2 is 2.00 bits per heavy atom. The zero-order valence-electron chi connectivity index (χ0n) is 11.9. The summed E-state index contributed by atoms with van der Waals surface area (Å²) in [5.74, 6) is 1.34. The van der Waals surface area contributed by atoms with Gasteiger partial charge in [0.2, 0.25) is 0 Å². The number of hydrogen-bond acceptors (Lipinski definition) is 5. The predicted molar refractivity (Wildman–Crippen MR) is 72.6 cm³/mol. The maximum absolute atomic E-state index is 11.0. The smallest absolute Gasteiger partial charge is 0.306 e. The van der Waals surface area contributed by atoms with Gasteiger partial charge < -0.3 is 19.5 Å². The van der Waals surface area contributed by atoms with Crippen LogP contribution in [0.25, 0.3) is 0 Å². The molecule has 0 saturated carbocycles. The SMILES string of the molecule is COC(=O)CCNC(C)c1cc(OC)ccc1OC. The van der Waals surface area contributed by atoms with Crippen LogP contribution in [0, 0.1) is 0 Å². The molecule has 5 heteroatoms. The monoisotopic (exact) mass is 267 g/mol. The molecular formula is C14H21NO4. The molecule has 1 N–H and O–H groups in total. The number of ether oxygens (including phenoxy) is 3. The maximum atomic E-state index is 11.0. The number of nitrogens with one attached hydrogen (secondary N) is 1. The van der Waals surface area contributed by atoms with E-state index in [9.17, 15) is 4.79 Å². The fourth-order valence-corrected chi connectivity index (χ4v) is 1.78. The molecule has 1 rings (SSSR count). The number of benzene rings is 1. The third kappa shape index (κ3) is 4.44. The summed E-state index contributed by atoms with van der Waals surface area (Å²) in [7, 11) is 4.64. The molecule has 0 aliphatic carbocycles. The van der Waals surface area contributed by atoms with Gasteiger partial charge in [0.25, 0.3) is 0 Å². The molecule has 0 aliphatic heterocycles. The summed E-state index contributed by atoms with van der Waals surface area (Å²) in [6, 6.07) is 5.69. The Labute approximate surface area is 113 Å². The molecule has 0 saturated heterocycles. The van der Waals surface area contributed by atoms with Crippen LogP contribution in [-0.2, 0) is 9.53 Å². The van der Waals surface area contributed by atoms with Gasteiger partial charge in [0.1, 0.15) is 11.5 Å². The van der Waals surface area contributed by atoms with E-state index in [4.69, 9.17) is 9.47 Å². The van der Waals surface area contributed by atoms with E-state index >= 15 is 0 Å². The maximum Gasteiger partial charge on any atom is 0.306 e. The highest BCUT2D eigenvalue weighted by atomic mass is 16.5. The van der Waals surface area contributed by atoms with Gasteiger partial charge in [0.05, 0.1) is 27.8 Å². The van der Waals surface area contributed by atoms with Gasteiger partial charge in [-0.25, -0.2) is 0 Å². The lowest BCUT2D eigenvalue weighted by atomic mass is 10.1. The van der Waals surface area contributed by atoms with Crippen LogP contribution in [-0.4, -0.2) is 33.8 Å². The number of rotatable bonds is 7. The molecule has 1 unspecified atom stereocenters. The van der Waals surface area contributed by atoms with Crippen molar-refractivity contribution >= 4 is 5.97 Å². The molecule has 0 fully saturated rings. The van der Waals surface area contributed by atoms with Gasteiger partial charge in [-0.3, -0.25) is 4.79 Å². The number of carbonyl (C=O) groups excluding carboxylic acids is 1. The molecule has 5 nitrogen and oxygen atoms in total. The van der Waals surface area contributed by atoms with Crippen molar-refractivity contribution in [1.82, 2.24) is 5.32 Å². The van der Waals surface area contributed by atoms with Gasteiger partial charge in [0, 0.05) is 18.2 Å². The highest BCUT2D eigenvalue weighted by molar-refractivity contribution is 5.69. The zero-order valence-corrected chi connectivity index (χ0v) is 11.9. The first-order chi connectivity index (χ1) is 9.12. The Morgan fingerprint density at radius 1 is 1.26 bits per heavy atom. The first-order valence-corrected chi connectivity index (χ1v) is 6.14. The summed E-state index contributed by atoms with van der Waals surface area (Å²) >= 11 is 0. The molecule has 0 heterocycles. The van der Waals surface area contributed by atoms with Crippen molar-refractivity contribution in [1.29, 1.82) is 0 Å². The molecule has 0 aromatic heterocycles. The van der Waals surface area contributed by atoms with Crippen molar-refractivity contribution in [3.63, 3.8) is 0 Å². The molecule has 0 amide bonds. The van der Waals surface area contributed by atoms with E-state index in [0.29, 0.717) is 13.0 Å². The van der Waals surface area contributed by atoms with E-state index < -0.39 is 0 Å². The summed E-state index contributed by atoms with van der Waals surface area (Å²) in [4.78, 5) is 11.0. The predicted octanol–water partition coefficient (Wildman–Crippen LogP) is 1.92. The normalized spacial score (nSPS) is 11.8. The van der Waals surface area contributed by atoms with Crippen LogP contribution in [0.15, 0.2) is 18.2 Å². The van der Waals surface area contributed by atoms with E-state index in [0.717, 1.165) is 17.1 Å². The third-order valence-corrected chi connectivity index (χ3v) is 2.91. The number of esters is 1. The number of methoxy groups -OCH3 is 3. The molecule has 0 aliphatic rings. The fourth-order valence-electron chi connectivity index (χ4n) is 1.78. The van der Waals surface area contributed by atoms with Crippen LogP contribution in [0.1, 0.15) is 24.9 Å². The Bertz CT molecular complexity index is 420. The molecule has 0 bridgehead atoms. The van der Waals surface area contributed by atoms with Gasteiger partial charge >= 0.3 is 5.97 Å². The van der Waals surface area contributed by atoms with E-state index in [1.165, 1.54) is 7.11 Å². The second-order valence-corrected chi connectivity index (χ2v) is 4.11. The van der Waals surface area contributed by atoms with Gasteiger partial charge in [-0.15, -0.1) is 0 Å². The minimum absolute atomic E-state index is 0.0507. The molecule has 1 atom stereocenters. The first-order valence-electron chi connectivity index (χ1n) is 6.14. The third-order valence-electron chi connectivity index (χ3n) is 2.91. The summed E-state index contributed by atoms with van der Waals surface area (Å²) in [6.07, 6.45) is 0.340. The van der Waals surface area contributed by atoms with E-state index in [1.54, 1.807) is 14.2 Å². The van der Waals surface area contributed by atoms with Gasteiger partial charge in [0.15, 0.2) is 0 Å². The van der Waals surface area contributed by atoms with Crippen molar-refractivity contribution < 1.29 is 19.0 Å². The lowest BCUT2D eigenvalue weighted by Crippen LogP contribution is -2.22. The Kier molecular flexibility index (Phi) is 6.15. The lowest BCUT2D eigenvalue weighted by molar-refractivity contribution is -0.140.